The second kappa shape index (κ2) is 4.06. The van der Waals surface area contributed by atoms with Gasteiger partial charge in [0.1, 0.15) is 0 Å². The molecular formula is C11H12BrN3. The molecule has 15 heavy (non-hydrogen) atoms. The molecule has 4 heteroatoms. The summed E-state index contributed by atoms with van der Waals surface area (Å²) in [4.78, 5) is 7.31. The van der Waals surface area contributed by atoms with Crippen LogP contribution in [0.15, 0.2) is 28.9 Å². The quantitative estimate of drug-likeness (QED) is 0.872. The van der Waals surface area contributed by atoms with Crippen molar-refractivity contribution in [2.75, 3.05) is 5.32 Å². The minimum absolute atomic E-state index is 0.761. The van der Waals surface area contributed by atoms with Crippen molar-refractivity contribution >= 4 is 27.6 Å². The summed E-state index contributed by atoms with van der Waals surface area (Å²) in [6.45, 7) is 4.04. The molecule has 0 saturated carbocycles. The molecule has 1 aromatic carbocycles. The smallest absolute Gasteiger partial charge is 0.204 e. The lowest BCUT2D eigenvalue weighted by Gasteiger charge is -2.06. The van der Waals surface area contributed by atoms with E-state index in [4.69, 9.17) is 0 Å². The number of halogens is 1. The molecule has 2 N–H and O–H groups in total. The molecule has 0 unspecified atom stereocenters. The highest BCUT2D eigenvalue weighted by atomic mass is 79.9. The van der Waals surface area contributed by atoms with Crippen LogP contribution >= 0.6 is 15.9 Å². The molecule has 2 rings (SSSR count). The third kappa shape index (κ3) is 2.39. The first-order valence-electron chi connectivity index (χ1n) is 4.70. The van der Waals surface area contributed by atoms with Gasteiger partial charge in [0.25, 0.3) is 0 Å². The number of nitrogens with one attached hydrogen (secondary N) is 2. The van der Waals surface area contributed by atoms with Crippen LogP contribution in [0.4, 0.5) is 11.6 Å². The van der Waals surface area contributed by atoms with E-state index >= 15 is 0 Å². The lowest BCUT2D eigenvalue weighted by Crippen LogP contribution is -1.93. The van der Waals surface area contributed by atoms with Crippen molar-refractivity contribution in [3.8, 4) is 0 Å². The van der Waals surface area contributed by atoms with Crippen LogP contribution in [0.2, 0.25) is 0 Å². The largest absolute Gasteiger partial charge is 0.328 e. The van der Waals surface area contributed by atoms with Crippen LogP contribution in [0.5, 0.6) is 0 Å². The molecular weight excluding hydrogens is 254 g/mol. The molecule has 0 bridgehead atoms. The van der Waals surface area contributed by atoms with Gasteiger partial charge in [-0.25, -0.2) is 4.98 Å². The van der Waals surface area contributed by atoms with Crippen LogP contribution in [0.1, 0.15) is 11.3 Å². The number of aromatic nitrogens is 2. The number of aromatic amines is 1. The third-order valence-corrected chi connectivity index (χ3v) is 2.74. The van der Waals surface area contributed by atoms with Gasteiger partial charge in [-0.2, -0.15) is 0 Å². The normalized spacial score (nSPS) is 10.3. The lowest BCUT2D eigenvalue weighted by atomic mass is 10.2. The zero-order valence-corrected chi connectivity index (χ0v) is 10.2. The van der Waals surface area contributed by atoms with Gasteiger partial charge < -0.3 is 10.3 Å². The monoisotopic (exact) mass is 265 g/mol. The maximum absolute atomic E-state index is 4.19. The summed E-state index contributed by atoms with van der Waals surface area (Å²) in [7, 11) is 0. The summed E-state index contributed by atoms with van der Waals surface area (Å²) in [6.07, 6.45) is 1.80. The van der Waals surface area contributed by atoms with Crippen molar-refractivity contribution in [1.82, 2.24) is 9.97 Å². The second-order valence-corrected chi connectivity index (χ2v) is 4.38. The third-order valence-electron chi connectivity index (χ3n) is 2.08. The van der Waals surface area contributed by atoms with E-state index in [9.17, 15) is 0 Å². The Labute approximate surface area is 97.1 Å². The molecule has 0 aliphatic carbocycles. The van der Waals surface area contributed by atoms with E-state index in [2.05, 4.69) is 50.3 Å². The van der Waals surface area contributed by atoms with Crippen molar-refractivity contribution in [3.63, 3.8) is 0 Å². The molecule has 1 aromatic heterocycles. The second-order valence-electron chi connectivity index (χ2n) is 3.52. The van der Waals surface area contributed by atoms with Crippen molar-refractivity contribution in [1.29, 1.82) is 0 Å². The van der Waals surface area contributed by atoms with Gasteiger partial charge in [0.05, 0.1) is 5.69 Å². The Kier molecular flexibility index (Phi) is 2.77. The van der Waals surface area contributed by atoms with Crippen LogP contribution in [-0.4, -0.2) is 9.97 Å². The molecule has 1 heterocycles. The molecule has 0 fully saturated rings. The molecule has 78 valence electrons. The molecule has 0 radical (unpaired) electrons. The van der Waals surface area contributed by atoms with Crippen molar-refractivity contribution in [2.24, 2.45) is 0 Å². The van der Waals surface area contributed by atoms with Crippen LogP contribution < -0.4 is 5.32 Å². The van der Waals surface area contributed by atoms with Gasteiger partial charge in [-0.15, -0.1) is 0 Å². The van der Waals surface area contributed by atoms with E-state index < -0.39 is 0 Å². The Morgan fingerprint density at radius 3 is 2.73 bits per heavy atom. The summed E-state index contributed by atoms with van der Waals surface area (Å²) in [6, 6.07) is 6.15. The molecule has 0 saturated heterocycles. The summed E-state index contributed by atoms with van der Waals surface area (Å²) in [5, 5.41) is 3.21. The van der Waals surface area contributed by atoms with Crippen LogP contribution in [0.25, 0.3) is 0 Å². The van der Waals surface area contributed by atoms with Gasteiger partial charge in [0.15, 0.2) is 0 Å². The average Bonchev–Trinajstić information content (AvgIpc) is 2.56. The number of aryl methyl sites for hydroxylation is 2. The number of hydrogen-bond acceptors (Lipinski definition) is 2. The van der Waals surface area contributed by atoms with Crippen molar-refractivity contribution in [2.45, 2.75) is 13.8 Å². The van der Waals surface area contributed by atoms with Gasteiger partial charge in [0.2, 0.25) is 5.95 Å². The first-order valence-corrected chi connectivity index (χ1v) is 5.49. The van der Waals surface area contributed by atoms with Crippen molar-refractivity contribution < 1.29 is 0 Å². The first kappa shape index (κ1) is 10.2. The fourth-order valence-corrected chi connectivity index (χ4v) is 1.92. The number of anilines is 2. The van der Waals surface area contributed by atoms with E-state index in [1.165, 1.54) is 5.56 Å². The Balaban J connectivity index is 2.24. The molecule has 3 nitrogen and oxygen atoms in total. The molecule has 0 atom stereocenters. The highest BCUT2D eigenvalue weighted by Crippen LogP contribution is 2.25. The predicted octanol–water partition coefficient (Wildman–Crippen LogP) is 3.53. The van der Waals surface area contributed by atoms with E-state index in [-0.39, 0.29) is 0 Å². The minimum Gasteiger partial charge on any atom is -0.328 e. The molecule has 0 aliphatic rings. The fourth-order valence-electron chi connectivity index (χ4n) is 1.33. The predicted molar refractivity (Wildman–Crippen MR) is 65.5 cm³/mol. The van der Waals surface area contributed by atoms with Crippen LogP contribution in [0, 0.1) is 13.8 Å². The Morgan fingerprint density at radius 2 is 2.13 bits per heavy atom. The van der Waals surface area contributed by atoms with Crippen LogP contribution in [0.3, 0.4) is 0 Å². The molecule has 2 aromatic rings. The summed E-state index contributed by atoms with van der Waals surface area (Å²) < 4.78 is 1.04. The highest BCUT2D eigenvalue weighted by molar-refractivity contribution is 9.10. The Morgan fingerprint density at radius 1 is 1.33 bits per heavy atom. The van der Waals surface area contributed by atoms with E-state index in [1.807, 2.05) is 13.0 Å². The number of imidazole rings is 1. The SMILES string of the molecule is Cc1ccc(Nc2ncc(C)[nH]2)c(Br)c1. The van der Waals surface area contributed by atoms with Gasteiger partial charge in [-0.3, -0.25) is 0 Å². The standard InChI is InChI=1S/C11H12BrN3/c1-7-3-4-10(9(12)5-7)15-11-13-6-8(2)14-11/h3-6H,1-2H3,(H2,13,14,15). The van der Waals surface area contributed by atoms with E-state index in [1.54, 1.807) is 6.20 Å². The van der Waals surface area contributed by atoms with E-state index in [0.717, 1.165) is 21.8 Å². The van der Waals surface area contributed by atoms with Gasteiger partial charge >= 0.3 is 0 Å². The minimum atomic E-state index is 0.761. The first-order chi connectivity index (χ1) is 7.15. The Hall–Kier alpha value is -1.29. The topological polar surface area (TPSA) is 40.7 Å². The summed E-state index contributed by atoms with van der Waals surface area (Å²) in [5.74, 6) is 0.761. The molecule has 0 spiro atoms. The number of rotatable bonds is 2. The number of benzene rings is 1. The molecule has 0 aliphatic heterocycles. The Bertz CT molecular complexity index is 476. The zero-order chi connectivity index (χ0) is 10.8. The van der Waals surface area contributed by atoms with Crippen LogP contribution in [-0.2, 0) is 0 Å². The van der Waals surface area contributed by atoms with Gasteiger partial charge in [0, 0.05) is 16.4 Å². The highest BCUT2D eigenvalue weighted by Gasteiger charge is 2.02. The zero-order valence-electron chi connectivity index (χ0n) is 8.63. The molecule has 0 amide bonds. The summed E-state index contributed by atoms with van der Waals surface area (Å²) in [5.41, 5.74) is 3.28. The maximum atomic E-state index is 4.19. The number of nitrogens with zero attached hydrogens (tertiary/aromatic N) is 1. The fraction of sp³-hybridized carbons (Fsp3) is 0.182. The summed E-state index contributed by atoms with van der Waals surface area (Å²) >= 11 is 3.51. The van der Waals surface area contributed by atoms with Gasteiger partial charge in [-0.05, 0) is 47.5 Å². The lowest BCUT2D eigenvalue weighted by molar-refractivity contribution is 1.24. The number of hydrogen-bond donors (Lipinski definition) is 2. The van der Waals surface area contributed by atoms with Gasteiger partial charge in [-0.1, -0.05) is 6.07 Å². The maximum Gasteiger partial charge on any atom is 0.204 e. The number of H-pyrrole nitrogens is 1. The van der Waals surface area contributed by atoms with E-state index in [0.29, 0.717) is 0 Å². The average molecular weight is 266 g/mol. The van der Waals surface area contributed by atoms with Crippen molar-refractivity contribution in [3.05, 3.63) is 40.1 Å².